The van der Waals surface area contributed by atoms with Crippen molar-refractivity contribution in [1.82, 2.24) is 29.1 Å². The maximum absolute atomic E-state index is 14.2. The third-order valence-electron chi connectivity index (χ3n) is 4.97. The molecule has 0 radical (unpaired) electrons. The lowest BCUT2D eigenvalue weighted by atomic mass is 9.91. The van der Waals surface area contributed by atoms with Crippen molar-refractivity contribution in [3.05, 3.63) is 65.8 Å². The van der Waals surface area contributed by atoms with Gasteiger partial charge in [0.25, 0.3) is 0 Å². The second-order valence-corrected chi connectivity index (χ2v) is 8.31. The van der Waals surface area contributed by atoms with Gasteiger partial charge in [0.05, 0.1) is 5.69 Å². The molecule has 0 N–H and O–H groups in total. The number of aryl methyl sites for hydroxylation is 1. The Kier molecular flexibility index (Phi) is 4.93. The van der Waals surface area contributed by atoms with Crippen LogP contribution in [0.1, 0.15) is 37.9 Å². The summed E-state index contributed by atoms with van der Waals surface area (Å²) in [5.41, 5.74) is 1.90. The van der Waals surface area contributed by atoms with Gasteiger partial charge in [0, 0.05) is 30.4 Å². The molecule has 0 atom stereocenters. The standard InChI is InChI=1S/C22H23FN6O/c1-14-25-20(27-29(14)13-19(30)22(2,3)4)18-12-28-10-9-24-21(28)17(26-18)11-15-7-5-6-8-16(15)23/h5-10,12H,11,13H2,1-4H3. The lowest BCUT2D eigenvalue weighted by Gasteiger charge is -2.16. The van der Waals surface area contributed by atoms with Gasteiger partial charge >= 0.3 is 0 Å². The van der Waals surface area contributed by atoms with Gasteiger partial charge in [-0.15, -0.1) is 5.10 Å². The summed E-state index contributed by atoms with van der Waals surface area (Å²) in [6, 6.07) is 6.62. The lowest BCUT2D eigenvalue weighted by Crippen LogP contribution is -2.26. The van der Waals surface area contributed by atoms with Crippen molar-refractivity contribution < 1.29 is 9.18 Å². The Morgan fingerprint density at radius 2 is 1.93 bits per heavy atom. The summed E-state index contributed by atoms with van der Waals surface area (Å²) in [4.78, 5) is 26.0. The molecule has 0 aliphatic rings. The molecule has 0 amide bonds. The number of hydrogen-bond acceptors (Lipinski definition) is 5. The molecule has 7 nitrogen and oxygen atoms in total. The van der Waals surface area contributed by atoms with Crippen molar-refractivity contribution in [2.75, 3.05) is 0 Å². The monoisotopic (exact) mass is 406 g/mol. The molecule has 0 aliphatic carbocycles. The topological polar surface area (TPSA) is 78.0 Å². The largest absolute Gasteiger partial charge is 0.303 e. The van der Waals surface area contributed by atoms with Crippen molar-refractivity contribution in [2.24, 2.45) is 5.41 Å². The van der Waals surface area contributed by atoms with E-state index in [1.54, 1.807) is 41.5 Å². The Labute approximate surface area is 173 Å². The van der Waals surface area contributed by atoms with Crippen LogP contribution >= 0.6 is 0 Å². The highest BCUT2D eigenvalue weighted by Gasteiger charge is 2.23. The highest BCUT2D eigenvalue weighted by molar-refractivity contribution is 5.83. The molecule has 4 rings (SSSR count). The number of carbonyl (C=O) groups excluding carboxylic acids is 1. The minimum atomic E-state index is -0.459. The van der Waals surface area contributed by atoms with Crippen LogP contribution in [0.3, 0.4) is 0 Å². The van der Waals surface area contributed by atoms with Gasteiger partial charge in [-0.05, 0) is 18.6 Å². The highest BCUT2D eigenvalue weighted by Crippen LogP contribution is 2.21. The van der Waals surface area contributed by atoms with E-state index in [0.29, 0.717) is 40.7 Å². The zero-order valence-electron chi connectivity index (χ0n) is 17.4. The number of nitrogens with zero attached hydrogens (tertiary/aromatic N) is 6. The average Bonchev–Trinajstić information content (AvgIpc) is 3.30. The highest BCUT2D eigenvalue weighted by atomic mass is 19.1. The van der Waals surface area contributed by atoms with Crippen molar-refractivity contribution in [1.29, 1.82) is 0 Å². The van der Waals surface area contributed by atoms with E-state index in [4.69, 9.17) is 0 Å². The maximum Gasteiger partial charge on any atom is 0.201 e. The molecule has 4 aromatic rings. The number of hydrogen-bond donors (Lipinski definition) is 0. The molecule has 0 unspecified atom stereocenters. The normalized spacial score (nSPS) is 11.9. The van der Waals surface area contributed by atoms with Gasteiger partial charge in [0.1, 0.15) is 23.9 Å². The van der Waals surface area contributed by atoms with Crippen LogP contribution in [0.5, 0.6) is 0 Å². The summed E-state index contributed by atoms with van der Waals surface area (Å²) in [6.45, 7) is 7.60. The number of rotatable bonds is 5. The molecule has 3 aromatic heterocycles. The van der Waals surface area contributed by atoms with Crippen LogP contribution in [0.4, 0.5) is 4.39 Å². The second-order valence-electron chi connectivity index (χ2n) is 8.31. The summed E-state index contributed by atoms with van der Waals surface area (Å²) in [7, 11) is 0. The fraction of sp³-hybridized carbons (Fsp3) is 0.318. The first-order valence-corrected chi connectivity index (χ1v) is 9.73. The van der Waals surface area contributed by atoms with Crippen molar-refractivity contribution in [2.45, 2.75) is 40.7 Å². The first-order valence-electron chi connectivity index (χ1n) is 9.73. The number of Topliss-reactive ketones (excluding diaryl/α,β-unsaturated/α-hetero) is 1. The Morgan fingerprint density at radius 1 is 1.17 bits per heavy atom. The van der Waals surface area contributed by atoms with Crippen molar-refractivity contribution in [3.8, 4) is 11.5 Å². The minimum absolute atomic E-state index is 0.0697. The summed E-state index contributed by atoms with van der Waals surface area (Å²) in [5.74, 6) is 0.832. The third kappa shape index (κ3) is 3.85. The van der Waals surface area contributed by atoms with Crippen LogP contribution in [0.15, 0.2) is 42.9 Å². The number of imidazole rings is 1. The molecule has 154 valence electrons. The number of aromatic nitrogens is 6. The van der Waals surface area contributed by atoms with Gasteiger partial charge < -0.3 is 4.40 Å². The number of halogens is 1. The molecular weight excluding hydrogens is 383 g/mol. The smallest absolute Gasteiger partial charge is 0.201 e. The molecule has 30 heavy (non-hydrogen) atoms. The van der Waals surface area contributed by atoms with E-state index in [0.717, 1.165) is 0 Å². The van der Waals surface area contributed by atoms with E-state index in [-0.39, 0.29) is 18.1 Å². The quantitative estimate of drug-likeness (QED) is 0.506. The van der Waals surface area contributed by atoms with Gasteiger partial charge in [0.2, 0.25) is 5.82 Å². The molecule has 0 spiro atoms. The summed E-state index contributed by atoms with van der Waals surface area (Å²) >= 11 is 0. The van der Waals surface area contributed by atoms with Crippen LogP contribution < -0.4 is 0 Å². The van der Waals surface area contributed by atoms with Gasteiger partial charge in [-0.25, -0.2) is 24.0 Å². The molecule has 0 aliphatic heterocycles. The predicted molar refractivity (Wildman–Crippen MR) is 110 cm³/mol. The molecule has 0 saturated carbocycles. The SMILES string of the molecule is Cc1nc(-c2cn3ccnc3c(Cc3ccccc3F)n2)nn1CC(=O)C(C)(C)C. The maximum atomic E-state index is 14.2. The lowest BCUT2D eigenvalue weighted by molar-refractivity contribution is -0.127. The van der Waals surface area contributed by atoms with Crippen LogP contribution in [0.25, 0.3) is 17.2 Å². The number of ketones is 1. The van der Waals surface area contributed by atoms with Gasteiger partial charge in [-0.1, -0.05) is 39.0 Å². The van der Waals surface area contributed by atoms with E-state index < -0.39 is 5.41 Å². The van der Waals surface area contributed by atoms with Crippen molar-refractivity contribution in [3.63, 3.8) is 0 Å². The number of carbonyl (C=O) groups is 1. The molecule has 0 fully saturated rings. The van der Waals surface area contributed by atoms with E-state index >= 15 is 0 Å². The first kappa shape index (κ1) is 19.9. The Bertz CT molecular complexity index is 1230. The van der Waals surface area contributed by atoms with Crippen molar-refractivity contribution >= 4 is 11.4 Å². The van der Waals surface area contributed by atoms with E-state index in [9.17, 15) is 9.18 Å². The molecule has 8 heteroatoms. The zero-order valence-corrected chi connectivity index (χ0v) is 17.4. The fourth-order valence-corrected chi connectivity index (χ4v) is 3.10. The Hall–Kier alpha value is -3.42. The van der Waals surface area contributed by atoms with E-state index in [1.165, 1.54) is 6.07 Å². The Balaban J connectivity index is 1.73. The molecule has 0 bridgehead atoms. The van der Waals surface area contributed by atoms with Crippen LogP contribution in [0, 0.1) is 18.2 Å². The van der Waals surface area contributed by atoms with E-state index in [2.05, 4.69) is 20.1 Å². The Morgan fingerprint density at radius 3 is 2.67 bits per heavy atom. The summed E-state index contributed by atoms with van der Waals surface area (Å²) in [5, 5.41) is 4.50. The number of fused-ring (bicyclic) bond motifs is 1. The van der Waals surface area contributed by atoms with Crippen LogP contribution in [-0.4, -0.2) is 34.9 Å². The van der Waals surface area contributed by atoms with Crippen LogP contribution in [0.2, 0.25) is 0 Å². The average molecular weight is 406 g/mol. The third-order valence-corrected chi connectivity index (χ3v) is 4.97. The summed E-state index contributed by atoms with van der Waals surface area (Å²) < 4.78 is 17.6. The minimum Gasteiger partial charge on any atom is -0.303 e. The molecule has 3 heterocycles. The molecule has 0 saturated heterocycles. The number of benzene rings is 1. The summed E-state index contributed by atoms with van der Waals surface area (Å²) in [6.07, 6.45) is 5.56. The van der Waals surface area contributed by atoms with Gasteiger partial charge in [0.15, 0.2) is 11.4 Å². The van der Waals surface area contributed by atoms with Crippen LogP contribution in [-0.2, 0) is 17.8 Å². The van der Waals surface area contributed by atoms with Gasteiger partial charge in [-0.2, -0.15) is 0 Å². The molecule has 1 aromatic carbocycles. The predicted octanol–water partition coefficient (Wildman–Crippen LogP) is 3.64. The van der Waals surface area contributed by atoms with E-state index in [1.807, 2.05) is 32.1 Å². The first-order chi connectivity index (χ1) is 14.2. The molecular formula is C22H23FN6O. The fourth-order valence-electron chi connectivity index (χ4n) is 3.10. The van der Waals surface area contributed by atoms with Gasteiger partial charge in [-0.3, -0.25) is 4.79 Å². The second kappa shape index (κ2) is 7.44. The zero-order chi connectivity index (χ0) is 21.5.